The zero-order chi connectivity index (χ0) is 19.5. The Balaban J connectivity index is 1.73. The highest BCUT2D eigenvalue weighted by atomic mass is 16.2. The van der Waals surface area contributed by atoms with Gasteiger partial charge < -0.3 is 10.6 Å². The van der Waals surface area contributed by atoms with Crippen molar-refractivity contribution in [1.82, 2.24) is 10.3 Å². The van der Waals surface area contributed by atoms with Crippen molar-refractivity contribution < 1.29 is 14.4 Å². The zero-order valence-corrected chi connectivity index (χ0v) is 16.3. The summed E-state index contributed by atoms with van der Waals surface area (Å²) in [6.45, 7) is 3.09. The second kappa shape index (κ2) is 11.5. The molecule has 0 radical (unpaired) electrons. The summed E-state index contributed by atoms with van der Waals surface area (Å²) in [7, 11) is 0. The summed E-state index contributed by atoms with van der Waals surface area (Å²) in [5.41, 5.74) is 1.13. The molecule has 1 atom stereocenters. The Morgan fingerprint density at radius 3 is 2.63 bits per heavy atom. The summed E-state index contributed by atoms with van der Waals surface area (Å²) in [6, 6.07) is 2.96. The third-order valence-electron chi connectivity index (χ3n) is 4.88. The van der Waals surface area contributed by atoms with Gasteiger partial charge >= 0.3 is 0 Å². The molecule has 1 amide bonds. The van der Waals surface area contributed by atoms with E-state index in [4.69, 9.17) is 0 Å². The first kappa shape index (κ1) is 21.1. The number of nitrogens with one attached hydrogen (secondary N) is 2. The number of hydrogen-bond acceptors (Lipinski definition) is 5. The number of anilines is 1. The van der Waals surface area contributed by atoms with Gasteiger partial charge in [0.1, 0.15) is 11.5 Å². The lowest BCUT2D eigenvalue weighted by atomic mass is 9.93. The smallest absolute Gasteiger partial charge is 0.270 e. The summed E-state index contributed by atoms with van der Waals surface area (Å²) in [4.78, 5) is 39.6. The van der Waals surface area contributed by atoms with Gasteiger partial charge in [0.2, 0.25) is 0 Å². The van der Waals surface area contributed by atoms with E-state index in [9.17, 15) is 14.4 Å². The van der Waals surface area contributed by atoms with Crippen LogP contribution in [0.25, 0.3) is 0 Å². The molecule has 1 aromatic rings. The Labute approximate surface area is 161 Å². The number of Topliss-reactive ketones (excluding diaryl/α,β-unsaturated/α-hetero) is 2. The van der Waals surface area contributed by atoms with Crippen molar-refractivity contribution in [2.75, 3.05) is 11.9 Å². The number of ketones is 2. The van der Waals surface area contributed by atoms with Gasteiger partial charge in [-0.1, -0.05) is 45.4 Å². The third-order valence-corrected chi connectivity index (χ3v) is 4.88. The first-order valence-electron chi connectivity index (χ1n) is 10.2. The molecule has 0 bridgehead atoms. The molecule has 1 saturated carbocycles. The van der Waals surface area contributed by atoms with Gasteiger partial charge in [-0.25, -0.2) is 0 Å². The van der Waals surface area contributed by atoms with Crippen molar-refractivity contribution in [3.8, 4) is 0 Å². The molecule has 6 heteroatoms. The van der Waals surface area contributed by atoms with E-state index in [1.54, 1.807) is 12.3 Å². The van der Waals surface area contributed by atoms with E-state index in [0.29, 0.717) is 12.8 Å². The minimum absolute atomic E-state index is 0.0554. The quantitative estimate of drug-likeness (QED) is 0.456. The van der Waals surface area contributed by atoms with E-state index in [1.807, 2.05) is 6.07 Å². The Bertz CT molecular complexity index is 645. The SMILES string of the molecule is CCCCCCCCCNc1ccnc(C(=O)NC2CCC(=O)CC2=O)c1. The fourth-order valence-corrected chi connectivity index (χ4v) is 3.24. The average molecular weight is 373 g/mol. The van der Waals surface area contributed by atoms with Crippen molar-refractivity contribution in [3.63, 3.8) is 0 Å². The van der Waals surface area contributed by atoms with Gasteiger partial charge in [0.15, 0.2) is 5.78 Å². The molecule has 0 aliphatic heterocycles. The molecule has 0 spiro atoms. The highest BCUT2D eigenvalue weighted by Gasteiger charge is 2.28. The fraction of sp³-hybridized carbons (Fsp3) is 0.619. The molecule has 0 aromatic carbocycles. The lowest BCUT2D eigenvalue weighted by Crippen LogP contribution is -2.44. The molecule has 6 nitrogen and oxygen atoms in total. The molecule has 2 N–H and O–H groups in total. The lowest BCUT2D eigenvalue weighted by Gasteiger charge is -2.20. The van der Waals surface area contributed by atoms with Crippen LogP contribution in [-0.4, -0.2) is 35.0 Å². The first-order valence-corrected chi connectivity index (χ1v) is 10.2. The largest absolute Gasteiger partial charge is 0.385 e. The highest BCUT2D eigenvalue weighted by molar-refractivity contribution is 6.06. The summed E-state index contributed by atoms with van der Waals surface area (Å²) in [6.07, 6.45) is 11.0. The van der Waals surface area contributed by atoms with E-state index in [2.05, 4.69) is 22.5 Å². The van der Waals surface area contributed by atoms with Gasteiger partial charge in [0.25, 0.3) is 5.91 Å². The van der Waals surface area contributed by atoms with Crippen LogP contribution in [0.2, 0.25) is 0 Å². The lowest BCUT2D eigenvalue weighted by molar-refractivity contribution is -0.131. The van der Waals surface area contributed by atoms with Crippen LogP contribution < -0.4 is 10.6 Å². The fourth-order valence-electron chi connectivity index (χ4n) is 3.24. The van der Waals surface area contributed by atoms with Crippen molar-refractivity contribution in [1.29, 1.82) is 0 Å². The minimum Gasteiger partial charge on any atom is -0.385 e. The monoisotopic (exact) mass is 373 g/mol. The Hall–Kier alpha value is -2.24. The second-order valence-electron chi connectivity index (χ2n) is 7.22. The van der Waals surface area contributed by atoms with Crippen LogP contribution in [0.5, 0.6) is 0 Å². The van der Waals surface area contributed by atoms with Crippen LogP contribution >= 0.6 is 0 Å². The number of amides is 1. The normalized spacial score (nSPS) is 17.0. The minimum atomic E-state index is -0.582. The number of pyridine rings is 1. The molecule has 0 saturated heterocycles. The Kier molecular flexibility index (Phi) is 8.95. The van der Waals surface area contributed by atoms with Crippen LogP contribution in [-0.2, 0) is 9.59 Å². The standard InChI is InChI=1S/C21H31N3O3/c1-2-3-4-5-6-7-8-12-22-16-11-13-23-19(14-16)21(27)24-18-10-9-17(25)15-20(18)26/h11,13-14,18H,2-10,12,15H2,1H3,(H,22,23)(H,24,27). The number of hydrogen-bond donors (Lipinski definition) is 2. The van der Waals surface area contributed by atoms with Gasteiger partial charge in [-0.15, -0.1) is 0 Å². The molecule has 1 heterocycles. The van der Waals surface area contributed by atoms with Crippen molar-refractivity contribution in [3.05, 3.63) is 24.0 Å². The highest BCUT2D eigenvalue weighted by Crippen LogP contribution is 2.14. The summed E-state index contributed by atoms with van der Waals surface area (Å²) in [5, 5.41) is 6.03. The maximum Gasteiger partial charge on any atom is 0.270 e. The Morgan fingerprint density at radius 1 is 1.15 bits per heavy atom. The third kappa shape index (κ3) is 7.49. The molecular formula is C21H31N3O3. The van der Waals surface area contributed by atoms with Gasteiger partial charge in [-0.2, -0.15) is 0 Å². The van der Waals surface area contributed by atoms with Crippen LogP contribution in [0.3, 0.4) is 0 Å². The zero-order valence-electron chi connectivity index (χ0n) is 16.3. The second-order valence-corrected chi connectivity index (χ2v) is 7.22. The summed E-state index contributed by atoms with van der Waals surface area (Å²) in [5.74, 6) is -0.643. The molecule has 1 fully saturated rings. The van der Waals surface area contributed by atoms with E-state index in [1.165, 1.54) is 38.5 Å². The van der Waals surface area contributed by atoms with Gasteiger partial charge in [-0.05, 0) is 25.0 Å². The van der Waals surface area contributed by atoms with E-state index >= 15 is 0 Å². The van der Waals surface area contributed by atoms with Crippen LogP contribution in [0.1, 0.15) is 81.6 Å². The number of carbonyl (C=O) groups is 3. The summed E-state index contributed by atoms with van der Waals surface area (Å²) < 4.78 is 0. The van der Waals surface area contributed by atoms with Crippen LogP contribution in [0.15, 0.2) is 18.3 Å². The van der Waals surface area contributed by atoms with Crippen LogP contribution in [0.4, 0.5) is 5.69 Å². The molecule has 1 aromatic heterocycles. The number of nitrogens with zero attached hydrogens (tertiary/aromatic N) is 1. The van der Waals surface area contributed by atoms with Crippen molar-refractivity contribution in [2.24, 2.45) is 0 Å². The van der Waals surface area contributed by atoms with Gasteiger partial charge in [0.05, 0.1) is 12.5 Å². The molecule has 2 rings (SSSR count). The number of rotatable bonds is 11. The number of unbranched alkanes of at least 4 members (excludes halogenated alkanes) is 6. The maximum absolute atomic E-state index is 12.4. The summed E-state index contributed by atoms with van der Waals surface area (Å²) >= 11 is 0. The predicted octanol–water partition coefficient (Wildman–Crippen LogP) is 3.66. The predicted molar refractivity (Wildman–Crippen MR) is 106 cm³/mol. The van der Waals surface area contributed by atoms with E-state index < -0.39 is 6.04 Å². The molecule has 148 valence electrons. The molecular weight excluding hydrogens is 342 g/mol. The van der Waals surface area contributed by atoms with E-state index in [0.717, 1.165) is 18.7 Å². The van der Waals surface area contributed by atoms with Gasteiger partial charge in [0, 0.05) is 24.8 Å². The molecule has 27 heavy (non-hydrogen) atoms. The molecule has 1 unspecified atom stereocenters. The molecule has 1 aliphatic rings. The van der Waals surface area contributed by atoms with Crippen LogP contribution in [0, 0.1) is 0 Å². The van der Waals surface area contributed by atoms with Crippen molar-refractivity contribution >= 4 is 23.2 Å². The maximum atomic E-state index is 12.4. The number of aromatic nitrogens is 1. The van der Waals surface area contributed by atoms with Gasteiger partial charge in [-0.3, -0.25) is 19.4 Å². The first-order chi connectivity index (χ1) is 13.1. The average Bonchev–Trinajstić information content (AvgIpc) is 2.66. The number of carbonyl (C=O) groups excluding carboxylic acids is 3. The Morgan fingerprint density at radius 2 is 1.89 bits per heavy atom. The topological polar surface area (TPSA) is 88.2 Å². The van der Waals surface area contributed by atoms with Crippen molar-refractivity contribution in [2.45, 2.75) is 77.2 Å². The van der Waals surface area contributed by atoms with E-state index in [-0.39, 0.29) is 29.6 Å². The molecule has 1 aliphatic carbocycles.